The smallest absolute Gasteiger partial charge is 0.119 e. The molecule has 0 aliphatic heterocycles. The highest BCUT2D eigenvalue weighted by Gasteiger charge is 2.07. The van der Waals surface area contributed by atoms with Gasteiger partial charge in [-0.3, -0.25) is 0 Å². The molecule has 1 atom stereocenters. The van der Waals surface area contributed by atoms with Crippen LogP contribution in [-0.2, 0) is 0 Å². The third kappa shape index (κ3) is 6.77. The fraction of sp³-hybridized carbons (Fsp3) is 0.304. The first-order chi connectivity index (χ1) is 12.4. The third-order valence-corrected chi connectivity index (χ3v) is 4.25. The van der Waals surface area contributed by atoms with E-state index in [4.69, 9.17) is 0 Å². The maximum Gasteiger partial charge on any atom is 0.119 e. The van der Waals surface area contributed by atoms with Crippen LogP contribution < -0.4 is 0 Å². The zero-order valence-corrected chi connectivity index (χ0v) is 15.5. The Bertz CT molecular complexity index is 740. The number of phenolic OH excluding ortho intramolecular Hbond substituents is 2. The van der Waals surface area contributed by atoms with Crippen LogP contribution in [0.1, 0.15) is 49.8 Å². The van der Waals surface area contributed by atoms with Gasteiger partial charge in [0, 0.05) is 6.07 Å². The Morgan fingerprint density at radius 1 is 0.846 bits per heavy atom. The van der Waals surface area contributed by atoms with Gasteiger partial charge in [-0.25, -0.2) is 0 Å². The standard InChI is InChI=1S/C23H28O3/c1-17(2)23(26)10-5-3-4-7-18-8-6-9-19(13-18)11-12-20-14-21(24)16-22(25)15-20/h4,6-9,11-17,23-26H,3,5,10H2,1-2H3. The first-order valence-electron chi connectivity index (χ1n) is 9.10. The molecule has 2 rings (SSSR count). The van der Waals surface area contributed by atoms with Crippen LogP contribution in [-0.4, -0.2) is 21.4 Å². The molecule has 0 aliphatic carbocycles. The summed E-state index contributed by atoms with van der Waals surface area (Å²) >= 11 is 0. The minimum atomic E-state index is -0.214. The molecule has 0 aliphatic rings. The quantitative estimate of drug-likeness (QED) is 0.436. The van der Waals surface area contributed by atoms with Crippen LogP contribution in [0.2, 0.25) is 0 Å². The maximum absolute atomic E-state index is 9.80. The molecule has 0 saturated heterocycles. The molecule has 3 N–H and O–H groups in total. The van der Waals surface area contributed by atoms with Crippen LogP contribution in [0.4, 0.5) is 0 Å². The van der Waals surface area contributed by atoms with Gasteiger partial charge in [0.1, 0.15) is 11.5 Å². The summed E-state index contributed by atoms with van der Waals surface area (Å²) in [6.07, 6.45) is 10.6. The van der Waals surface area contributed by atoms with Gasteiger partial charge in [0.2, 0.25) is 0 Å². The Morgan fingerprint density at radius 3 is 2.12 bits per heavy atom. The third-order valence-electron chi connectivity index (χ3n) is 4.25. The van der Waals surface area contributed by atoms with E-state index >= 15 is 0 Å². The molecule has 0 bridgehead atoms. The first-order valence-corrected chi connectivity index (χ1v) is 9.10. The molecule has 0 aromatic heterocycles. The van der Waals surface area contributed by atoms with Crippen molar-refractivity contribution in [2.45, 2.75) is 39.2 Å². The van der Waals surface area contributed by atoms with Crippen LogP contribution in [0, 0.1) is 5.92 Å². The summed E-state index contributed by atoms with van der Waals surface area (Å²) in [6, 6.07) is 12.7. The predicted molar refractivity (Wildman–Crippen MR) is 109 cm³/mol. The molecule has 3 heteroatoms. The number of hydrogen-bond donors (Lipinski definition) is 3. The first kappa shape index (κ1) is 19.8. The minimum absolute atomic E-state index is 0.0453. The van der Waals surface area contributed by atoms with Gasteiger partial charge in [-0.15, -0.1) is 0 Å². The second kappa shape index (κ2) is 9.83. The number of aromatic hydroxyl groups is 2. The van der Waals surface area contributed by atoms with Gasteiger partial charge in [0.15, 0.2) is 0 Å². The van der Waals surface area contributed by atoms with Crippen molar-refractivity contribution in [2.24, 2.45) is 5.92 Å². The van der Waals surface area contributed by atoms with Crippen molar-refractivity contribution < 1.29 is 15.3 Å². The van der Waals surface area contributed by atoms with Gasteiger partial charge in [-0.2, -0.15) is 0 Å². The summed E-state index contributed by atoms with van der Waals surface area (Å²) in [7, 11) is 0. The molecule has 0 radical (unpaired) electrons. The molecule has 138 valence electrons. The molecule has 0 spiro atoms. The SMILES string of the molecule is CC(C)C(O)CCCC=Cc1cccc(C=Cc2cc(O)cc(O)c2)c1. The highest BCUT2D eigenvalue weighted by molar-refractivity contribution is 5.72. The Balaban J connectivity index is 1.93. The fourth-order valence-corrected chi connectivity index (χ4v) is 2.67. The maximum atomic E-state index is 9.80. The molecule has 0 fully saturated rings. The lowest BCUT2D eigenvalue weighted by Gasteiger charge is -2.12. The van der Waals surface area contributed by atoms with Gasteiger partial charge in [-0.05, 0) is 60.1 Å². The highest BCUT2D eigenvalue weighted by Crippen LogP contribution is 2.22. The molecule has 0 heterocycles. The summed E-state index contributed by atoms with van der Waals surface area (Å²) in [5.41, 5.74) is 2.91. The van der Waals surface area contributed by atoms with Crippen LogP contribution in [0.5, 0.6) is 11.5 Å². The Labute approximate surface area is 156 Å². The van der Waals surface area contributed by atoms with E-state index in [2.05, 4.69) is 24.3 Å². The molecule has 3 nitrogen and oxygen atoms in total. The second-order valence-corrected chi connectivity index (χ2v) is 6.93. The van der Waals surface area contributed by atoms with Gasteiger partial charge in [0.25, 0.3) is 0 Å². The van der Waals surface area contributed by atoms with Crippen LogP contribution in [0.3, 0.4) is 0 Å². The number of allylic oxidation sites excluding steroid dienone is 1. The van der Waals surface area contributed by atoms with Gasteiger partial charge >= 0.3 is 0 Å². The number of aliphatic hydroxyl groups excluding tert-OH is 1. The lowest BCUT2D eigenvalue weighted by Crippen LogP contribution is -2.13. The van der Waals surface area contributed by atoms with E-state index in [0.29, 0.717) is 5.92 Å². The molecule has 0 amide bonds. The molecule has 2 aromatic carbocycles. The fourth-order valence-electron chi connectivity index (χ4n) is 2.67. The monoisotopic (exact) mass is 352 g/mol. The zero-order valence-electron chi connectivity index (χ0n) is 15.5. The van der Waals surface area contributed by atoms with E-state index < -0.39 is 0 Å². The van der Waals surface area contributed by atoms with Crippen molar-refractivity contribution in [3.63, 3.8) is 0 Å². The number of rotatable bonds is 8. The van der Waals surface area contributed by atoms with Crippen molar-refractivity contribution in [1.82, 2.24) is 0 Å². The van der Waals surface area contributed by atoms with Crippen LogP contribution in [0.15, 0.2) is 48.5 Å². The summed E-state index contributed by atoms with van der Waals surface area (Å²) in [4.78, 5) is 0. The Kier molecular flexibility index (Phi) is 7.49. The van der Waals surface area contributed by atoms with Gasteiger partial charge < -0.3 is 15.3 Å². The van der Waals surface area contributed by atoms with Crippen LogP contribution in [0.25, 0.3) is 18.2 Å². The Hall–Kier alpha value is -2.52. The van der Waals surface area contributed by atoms with E-state index in [-0.39, 0.29) is 17.6 Å². The summed E-state index contributed by atoms with van der Waals surface area (Å²) in [5.74, 6) is 0.406. The lowest BCUT2D eigenvalue weighted by molar-refractivity contribution is 0.114. The van der Waals surface area contributed by atoms with Crippen LogP contribution >= 0.6 is 0 Å². The number of benzene rings is 2. The molecule has 2 aromatic rings. The van der Waals surface area contributed by atoms with Gasteiger partial charge in [-0.1, -0.05) is 56.4 Å². The number of unbranched alkanes of at least 4 members (excludes halogenated alkanes) is 1. The predicted octanol–water partition coefficient (Wildman–Crippen LogP) is 5.47. The second-order valence-electron chi connectivity index (χ2n) is 6.93. The molecular formula is C23H28O3. The number of phenols is 2. The average molecular weight is 352 g/mol. The van der Waals surface area contributed by atoms with E-state index in [9.17, 15) is 15.3 Å². The molecular weight excluding hydrogens is 324 g/mol. The van der Waals surface area contributed by atoms with Crippen molar-refractivity contribution in [3.05, 3.63) is 65.2 Å². The topological polar surface area (TPSA) is 60.7 Å². The van der Waals surface area contributed by atoms with E-state index in [1.807, 2.05) is 38.1 Å². The lowest BCUT2D eigenvalue weighted by atomic mass is 10.0. The largest absolute Gasteiger partial charge is 0.508 e. The van der Waals surface area contributed by atoms with E-state index in [1.165, 1.54) is 6.07 Å². The van der Waals surface area contributed by atoms with E-state index in [0.717, 1.165) is 36.0 Å². The van der Waals surface area contributed by atoms with E-state index in [1.54, 1.807) is 12.1 Å². The Morgan fingerprint density at radius 2 is 1.46 bits per heavy atom. The van der Waals surface area contributed by atoms with Gasteiger partial charge in [0.05, 0.1) is 6.10 Å². The zero-order chi connectivity index (χ0) is 18.9. The van der Waals surface area contributed by atoms with Crippen molar-refractivity contribution in [3.8, 4) is 11.5 Å². The summed E-state index contributed by atoms with van der Waals surface area (Å²) in [6.45, 7) is 4.08. The molecule has 1 unspecified atom stereocenters. The minimum Gasteiger partial charge on any atom is -0.508 e. The van der Waals surface area contributed by atoms with Crippen molar-refractivity contribution >= 4 is 18.2 Å². The molecule has 0 saturated carbocycles. The highest BCUT2D eigenvalue weighted by atomic mass is 16.3. The average Bonchev–Trinajstić information content (AvgIpc) is 2.59. The normalized spacial score (nSPS) is 13.1. The number of aliphatic hydroxyl groups is 1. The summed E-state index contributed by atoms with van der Waals surface area (Å²) < 4.78 is 0. The summed E-state index contributed by atoms with van der Waals surface area (Å²) in [5, 5.41) is 28.8. The van der Waals surface area contributed by atoms with Crippen molar-refractivity contribution in [1.29, 1.82) is 0 Å². The molecule has 26 heavy (non-hydrogen) atoms. The van der Waals surface area contributed by atoms with Crippen molar-refractivity contribution in [2.75, 3.05) is 0 Å². The number of hydrogen-bond acceptors (Lipinski definition) is 3.